The quantitative estimate of drug-likeness (QED) is 0.412. The number of piperazine rings is 1. The zero-order chi connectivity index (χ0) is 12.5. The lowest BCUT2D eigenvalue weighted by Crippen LogP contribution is -2.44. The second-order valence-corrected chi connectivity index (χ2v) is 3.91. The van der Waals surface area contributed by atoms with E-state index < -0.39 is 5.97 Å². The number of carbonyl (C=O) groups is 2. The van der Waals surface area contributed by atoms with E-state index in [1.807, 2.05) is 0 Å². The van der Waals surface area contributed by atoms with E-state index in [0.717, 1.165) is 51.3 Å². The van der Waals surface area contributed by atoms with Crippen molar-refractivity contribution in [2.75, 3.05) is 39.3 Å². The molecule has 0 atom stereocenters. The third-order valence-corrected chi connectivity index (χ3v) is 2.54. The van der Waals surface area contributed by atoms with Gasteiger partial charge in [-0.15, -0.1) is 0 Å². The van der Waals surface area contributed by atoms with Crippen LogP contribution in [0.15, 0.2) is 12.2 Å². The highest BCUT2D eigenvalue weighted by atomic mass is 16.4. The van der Waals surface area contributed by atoms with Crippen LogP contribution in [0.1, 0.15) is 6.42 Å². The summed E-state index contributed by atoms with van der Waals surface area (Å²) >= 11 is 0. The molecule has 0 aromatic rings. The molecule has 0 saturated carbocycles. The van der Waals surface area contributed by atoms with Crippen LogP contribution in [-0.2, 0) is 9.59 Å². The highest BCUT2D eigenvalue weighted by Crippen LogP contribution is 1.93. The number of carbonyl (C=O) groups excluding carboxylic acids is 1. The molecule has 0 bridgehead atoms. The van der Waals surface area contributed by atoms with E-state index in [-0.39, 0.29) is 5.91 Å². The van der Waals surface area contributed by atoms with Crippen molar-refractivity contribution in [3.8, 4) is 0 Å². The monoisotopic (exact) mass is 241 g/mol. The van der Waals surface area contributed by atoms with Crippen LogP contribution < -0.4 is 10.6 Å². The summed E-state index contributed by atoms with van der Waals surface area (Å²) in [6, 6.07) is 0. The summed E-state index contributed by atoms with van der Waals surface area (Å²) in [7, 11) is 0. The lowest BCUT2D eigenvalue weighted by molar-refractivity contribution is -0.131. The fourth-order valence-corrected chi connectivity index (χ4v) is 1.65. The molecule has 1 rings (SSSR count). The van der Waals surface area contributed by atoms with E-state index >= 15 is 0 Å². The fourth-order valence-electron chi connectivity index (χ4n) is 1.65. The summed E-state index contributed by atoms with van der Waals surface area (Å²) in [6.45, 7) is 5.68. The molecule has 6 heteroatoms. The number of carboxylic acids is 1. The van der Waals surface area contributed by atoms with Gasteiger partial charge in [-0.05, 0) is 13.0 Å². The van der Waals surface area contributed by atoms with Gasteiger partial charge >= 0.3 is 5.97 Å². The number of hydrogen-bond donors (Lipinski definition) is 3. The molecule has 0 radical (unpaired) electrons. The standard InChI is InChI=1S/C11H19N3O3/c15-10(2-3-11(16)17)13-4-1-7-14-8-5-12-6-9-14/h2-3,12H,1,4-9H2,(H,13,15)(H,16,17). The Morgan fingerprint density at radius 2 is 2.00 bits per heavy atom. The van der Waals surface area contributed by atoms with Crippen LogP contribution in [0.5, 0.6) is 0 Å². The topological polar surface area (TPSA) is 81.7 Å². The maximum atomic E-state index is 11.1. The Balaban J connectivity index is 2.03. The van der Waals surface area contributed by atoms with Crippen molar-refractivity contribution in [2.24, 2.45) is 0 Å². The van der Waals surface area contributed by atoms with Crippen molar-refractivity contribution in [1.82, 2.24) is 15.5 Å². The van der Waals surface area contributed by atoms with Crippen LogP contribution in [-0.4, -0.2) is 61.2 Å². The van der Waals surface area contributed by atoms with E-state index in [4.69, 9.17) is 5.11 Å². The summed E-state index contributed by atoms with van der Waals surface area (Å²) in [5, 5.41) is 14.2. The highest BCUT2D eigenvalue weighted by Gasteiger charge is 2.08. The third kappa shape index (κ3) is 6.70. The molecule has 6 nitrogen and oxygen atoms in total. The van der Waals surface area contributed by atoms with Gasteiger partial charge in [0.1, 0.15) is 0 Å². The lowest BCUT2D eigenvalue weighted by Gasteiger charge is -2.26. The van der Waals surface area contributed by atoms with Crippen LogP contribution >= 0.6 is 0 Å². The van der Waals surface area contributed by atoms with Gasteiger partial charge in [-0.2, -0.15) is 0 Å². The smallest absolute Gasteiger partial charge is 0.328 e. The van der Waals surface area contributed by atoms with E-state index in [1.165, 1.54) is 0 Å². The molecule has 96 valence electrons. The number of carboxylic acid groups (broad SMARTS) is 1. The van der Waals surface area contributed by atoms with Gasteiger partial charge < -0.3 is 20.6 Å². The Morgan fingerprint density at radius 3 is 2.65 bits per heavy atom. The molecule has 0 aliphatic carbocycles. The number of rotatable bonds is 6. The Kier molecular flexibility index (Phi) is 6.27. The molecule has 0 aromatic heterocycles. The fraction of sp³-hybridized carbons (Fsp3) is 0.636. The summed E-state index contributed by atoms with van der Waals surface area (Å²) in [5.74, 6) is -1.46. The molecule has 0 aromatic carbocycles. The average molecular weight is 241 g/mol. The first-order valence-electron chi connectivity index (χ1n) is 5.80. The van der Waals surface area contributed by atoms with E-state index in [1.54, 1.807) is 0 Å². The maximum Gasteiger partial charge on any atom is 0.328 e. The Hall–Kier alpha value is -1.40. The van der Waals surface area contributed by atoms with Crippen molar-refractivity contribution >= 4 is 11.9 Å². The van der Waals surface area contributed by atoms with Crippen LogP contribution in [0.25, 0.3) is 0 Å². The highest BCUT2D eigenvalue weighted by molar-refractivity contribution is 5.93. The summed E-state index contributed by atoms with van der Waals surface area (Å²) in [5.41, 5.74) is 0. The predicted molar refractivity (Wildman–Crippen MR) is 63.7 cm³/mol. The lowest BCUT2D eigenvalue weighted by atomic mass is 10.3. The van der Waals surface area contributed by atoms with Gasteiger partial charge in [0.15, 0.2) is 0 Å². The zero-order valence-electron chi connectivity index (χ0n) is 9.82. The first kappa shape index (κ1) is 13.7. The van der Waals surface area contributed by atoms with Crippen LogP contribution in [0, 0.1) is 0 Å². The van der Waals surface area contributed by atoms with E-state index in [9.17, 15) is 9.59 Å². The number of aliphatic carboxylic acids is 1. The van der Waals surface area contributed by atoms with Crippen LogP contribution in [0.2, 0.25) is 0 Å². The first-order valence-corrected chi connectivity index (χ1v) is 5.80. The molecule has 1 fully saturated rings. The number of hydrogen-bond acceptors (Lipinski definition) is 4. The number of nitrogens with zero attached hydrogens (tertiary/aromatic N) is 1. The van der Waals surface area contributed by atoms with E-state index in [0.29, 0.717) is 6.54 Å². The van der Waals surface area contributed by atoms with Gasteiger partial charge in [0.25, 0.3) is 0 Å². The van der Waals surface area contributed by atoms with Gasteiger partial charge in [0.05, 0.1) is 0 Å². The Labute approximate surface area is 101 Å². The number of amides is 1. The SMILES string of the molecule is O=C(O)C=CC(=O)NCCCN1CCNCC1. The minimum Gasteiger partial charge on any atom is -0.478 e. The third-order valence-electron chi connectivity index (χ3n) is 2.54. The molecule has 0 unspecified atom stereocenters. The largest absolute Gasteiger partial charge is 0.478 e. The molecule has 1 amide bonds. The molecule has 1 heterocycles. The van der Waals surface area contributed by atoms with Gasteiger partial charge in [0.2, 0.25) is 5.91 Å². The first-order chi connectivity index (χ1) is 8.18. The van der Waals surface area contributed by atoms with Crippen molar-refractivity contribution in [3.63, 3.8) is 0 Å². The minimum absolute atomic E-state index is 0.354. The molecule has 3 N–H and O–H groups in total. The maximum absolute atomic E-state index is 11.1. The second kappa shape index (κ2) is 7.81. The van der Waals surface area contributed by atoms with Crippen LogP contribution in [0.4, 0.5) is 0 Å². The zero-order valence-corrected chi connectivity index (χ0v) is 9.82. The molecular weight excluding hydrogens is 222 g/mol. The van der Waals surface area contributed by atoms with Crippen molar-refractivity contribution in [1.29, 1.82) is 0 Å². The summed E-state index contributed by atoms with van der Waals surface area (Å²) in [4.78, 5) is 23.6. The molecule has 1 aliphatic rings. The number of nitrogens with one attached hydrogen (secondary N) is 2. The normalized spacial score (nSPS) is 17.2. The van der Waals surface area contributed by atoms with Gasteiger partial charge in [0, 0.05) is 44.9 Å². The van der Waals surface area contributed by atoms with Gasteiger partial charge in [-0.25, -0.2) is 4.79 Å². The predicted octanol–water partition coefficient (Wildman–Crippen LogP) is -0.961. The molecule has 1 aliphatic heterocycles. The van der Waals surface area contributed by atoms with Crippen molar-refractivity contribution < 1.29 is 14.7 Å². The van der Waals surface area contributed by atoms with E-state index in [2.05, 4.69) is 15.5 Å². The van der Waals surface area contributed by atoms with Gasteiger partial charge in [-0.3, -0.25) is 4.79 Å². The van der Waals surface area contributed by atoms with Crippen molar-refractivity contribution in [2.45, 2.75) is 6.42 Å². The Bertz CT molecular complexity index is 286. The average Bonchev–Trinajstić information content (AvgIpc) is 2.33. The molecule has 17 heavy (non-hydrogen) atoms. The molecular formula is C11H19N3O3. The summed E-state index contributed by atoms with van der Waals surface area (Å²) in [6.07, 6.45) is 2.76. The van der Waals surface area contributed by atoms with Gasteiger partial charge in [-0.1, -0.05) is 0 Å². The molecule has 1 saturated heterocycles. The summed E-state index contributed by atoms with van der Waals surface area (Å²) < 4.78 is 0. The van der Waals surface area contributed by atoms with Crippen molar-refractivity contribution in [3.05, 3.63) is 12.2 Å². The van der Waals surface area contributed by atoms with Crippen LogP contribution in [0.3, 0.4) is 0 Å². The molecule has 0 spiro atoms. The second-order valence-electron chi connectivity index (χ2n) is 3.91. The Morgan fingerprint density at radius 1 is 1.29 bits per heavy atom. The minimum atomic E-state index is -1.11.